The van der Waals surface area contributed by atoms with Crippen LogP contribution in [0.5, 0.6) is 0 Å². The van der Waals surface area contributed by atoms with Crippen LogP contribution in [0.2, 0.25) is 0 Å². The van der Waals surface area contributed by atoms with E-state index in [2.05, 4.69) is 21.2 Å². The summed E-state index contributed by atoms with van der Waals surface area (Å²) in [6.07, 6.45) is 0. The molecular formula is C17H16BrNO3. The molecule has 0 bridgehead atoms. The molecule has 0 fully saturated rings. The van der Waals surface area contributed by atoms with Gasteiger partial charge in [-0.25, -0.2) is 4.79 Å². The molecule has 1 amide bonds. The van der Waals surface area contributed by atoms with E-state index < -0.39 is 5.97 Å². The molecule has 0 heterocycles. The highest BCUT2D eigenvalue weighted by atomic mass is 79.9. The highest BCUT2D eigenvalue weighted by Gasteiger charge is 2.11. The van der Waals surface area contributed by atoms with Crippen LogP contribution in [0.15, 0.2) is 46.9 Å². The predicted molar refractivity (Wildman–Crippen MR) is 89.0 cm³/mol. The zero-order valence-corrected chi connectivity index (χ0v) is 13.9. The maximum absolute atomic E-state index is 11.9. The van der Waals surface area contributed by atoms with E-state index >= 15 is 0 Å². The van der Waals surface area contributed by atoms with Gasteiger partial charge >= 0.3 is 5.97 Å². The van der Waals surface area contributed by atoms with Gasteiger partial charge in [-0.15, -0.1) is 0 Å². The second-order valence-corrected chi connectivity index (χ2v) is 5.85. The average molecular weight is 362 g/mol. The number of hydrogen-bond donors (Lipinski definition) is 1. The molecule has 1 N–H and O–H groups in total. The van der Waals surface area contributed by atoms with Gasteiger partial charge < -0.3 is 10.1 Å². The molecule has 0 aliphatic heterocycles. The Morgan fingerprint density at radius 3 is 2.36 bits per heavy atom. The summed E-state index contributed by atoms with van der Waals surface area (Å²) in [5, 5.41) is 2.66. The van der Waals surface area contributed by atoms with Crippen molar-refractivity contribution in [3.8, 4) is 0 Å². The average Bonchev–Trinajstić information content (AvgIpc) is 2.50. The van der Waals surface area contributed by atoms with Gasteiger partial charge in [-0.1, -0.05) is 22.0 Å². The minimum absolute atomic E-state index is 0.318. The molecule has 0 saturated heterocycles. The molecule has 2 aromatic carbocycles. The van der Waals surface area contributed by atoms with Crippen LogP contribution in [0, 0.1) is 13.8 Å². The Morgan fingerprint density at radius 2 is 1.73 bits per heavy atom. The summed E-state index contributed by atoms with van der Waals surface area (Å²) < 4.78 is 5.94. The molecule has 0 aliphatic rings. The van der Waals surface area contributed by atoms with Crippen LogP contribution in [0.25, 0.3) is 0 Å². The van der Waals surface area contributed by atoms with Crippen molar-refractivity contribution in [1.29, 1.82) is 0 Å². The summed E-state index contributed by atoms with van der Waals surface area (Å²) in [6.45, 7) is 3.57. The van der Waals surface area contributed by atoms with Gasteiger partial charge in [0.15, 0.2) is 6.61 Å². The van der Waals surface area contributed by atoms with Gasteiger partial charge in [0.2, 0.25) is 0 Å². The van der Waals surface area contributed by atoms with Crippen molar-refractivity contribution in [2.24, 2.45) is 0 Å². The molecule has 0 unspecified atom stereocenters. The second-order valence-electron chi connectivity index (χ2n) is 4.93. The van der Waals surface area contributed by atoms with Crippen LogP contribution >= 0.6 is 15.9 Å². The monoisotopic (exact) mass is 361 g/mol. The summed E-state index contributed by atoms with van der Waals surface area (Å²) in [6, 6.07) is 12.4. The van der Waals surface area contributed by atoms with Gasteiger partial charge in [0.1, 0.15) is 0 Å². The minimum atomic E-state index is -0.506. The number of aryl methyl sites for hydroxylation is 2. The van der Waals surface area contributed by atoms with Crippen LogP contribution in [-0.4, -0.2) is 18.5 Å². The minimum Gasteiger partial charge on any atom is -0.452 e. The quantitative estimate of drug-likeness (QED) is 0.841. The third-order valence-corrected chi connectivity index (χ3v) is 3.73. The Morgan fingerprint density at radius 1 is 1.05 bits per heavy atom. The largest absolute Gasteiger partial charge is 0.452 e. The lowest BCUT2D eigenvalue weighted by molar-refractivity contribution is -0.119. The van der Waals surface area contributed by atoms with Gasteiger partial charge in [0, 0.05) is 10.2 Å². The zero-order chi connectivity index (χ0) is 16.1. The first-order valence-corrected chi connectivity index (χ1v) is 7.55. The number of nitrogens with one attached hydrogen (secondary N) is 1. The van der Waals surface area contributed by atoms with E-state index in [1.54, 1.807) is 24.3 Å². The van der Waals surface area contributed by atoms with Crippen LogP contribution in [0.3, 0.4) is 0 Å². The van der Waals surface area contributed by atoms with Crippen molar-refractivity contribution < 1.29 is 14.3 Å². The number of ether oxygens (including phenoxy) is 1. The number of carbonyl (C=O) groups is 2. The van der Waals surface area contributed by atoms with Crippen LogP contribution in [0.4, 0.5) is 5.69 Å². The van der Waals surface area contributed by atoms with Crippen molar-refractivity contribution >= 4 is 33.5 Å². The van der Waals surface area contributed by atoms with Crippen molar-refractivity contribution in [3.05, 3.63) is 63.6 Å². The topological polar surface area (TPSA) is 55.4 Å². The number of carbonyl (C=O) groups excluding carboxylic acids is 2. The van der Waals surface area contributed by atoms with E-state index in [0.717, 1.165) is 15.6 Å². The molecule has 2 aromatic rings. The zero-order valence-electron chi connectivity index (χ0n) is 12.4. The molecule has 0 radical (unpaired) electrons. The van der Waals surface area contributed by atoms with Crippen molar-refractivity contribution in [1.82, 2.24) is 0 Å². The maximum Gasteiger partial charge on any atom is 0.338 e. The first kappa shape index (κ1) is 16.2. The Balaban J connectivity index is 1.88. The Labute approximate surface area is 137 Å². The van der Waals surface area contributed by atoms with Gasteiger partial charge in [0.25, 0.3) is 5.91 Å². The molecule has 0 aromatic heterocycles. The Bertz CT molecular complexity index is 696. The highest BCUT2D eigenvalue weighted by Crippen LogP contribution is 2.14. The third kappa shape index (κ3) is 4.43. The van der Waals surface area contributed by atoms with Crippen molar-refractivity contribution in [3.63, 3.8) is 0 Å². The molecule has 5 heteroatoms. The van der Waals surface area contributed by atoms with Crippen molar-refractivity contribution in [2.75, 3.05) is 11.9 Å². The van der Waals surface area contributed by atoms with E-state index in [-0.39, 0.29) is 12.5 Å². The van der Waals surface area contributed by atoms with Crippen LogP contribution < -0.4 is 5.32 Å². The number of benzene rings is 2. The SMILES string of the molecule is Cc1ccc(C(=O)OCC(=O)Nc2ccc(Br)cc2)cc1C. The fourth-order valence-electron chi connectivity index (χ4n) is 1.81. The smallest absolute Gasteiger partial charge is 0.338 e. The highest BCUT2D eigenvalue weighted by molar-refractivity contribution is 9.10. The fourth-order valence-corrected chi connectivity index (χ4v) is 2.08. The Kier molecular flexibility index (Phi) is 5.33. The third-order valence-electron chi connectivity index (χ3n) is 3.20. The molecule has 0 aliphatic carbocycles. The first-order valence-electron chi connectivity index (χ1n) is 6.75. The number of anilines is 1. The summed E-state index contributed by atoms with van der Waals surface area (Å²) in [4.78, 5) is 23.7. The summed E-state index contributed by atoms with van der Waals surface area (Å²) in [5.74, 6) is -0.881. The van der Waals surface area contributed by atoms with Crippen LogP contribution in [0.1, 0.15) is 21.5 Å². The molecule has 22 heavy (non-hydrogen) atoms. The standard InChI is InChI=1S/C17H16BrNO3/c1-11-3-4-13(9-12(11)2)17(21)22-10-16(20)19-15-7-5-14(18)6-8-15/h3-9H,10H2,1-2H3,(H,19,20). The van der Waals surface area contributed by atoms with E-state index in [0.29, 0.717) is 11.3 Å². The van der Waals surface area contributed by atoms with E-state index in [9.17, 15) is 9.59 Å². The van der Waals surface area contributed by atoms with E-state index in [1.807, 2.05) is 32.0 Å². The van der Waals surface area contributed by atoms with Gasteiger partial charge in [0.05, 0.1) is 5.56 Å². The fraction of sp³-hybridized carbons (Fsp3) is 0.176. The molecule has 4 nitrogen and oxygen atoms in total. The lowest BCUT2D eigenvalue weighted by atomic mass is 10.1. The van der Waals surface area contributed by atoms with E-state index in [1.165, 1.54) is 0 Å². The summed E-state index contributed by atoms with van der Waals surface area (Å²) in [5.41, 5.74) is 3.20. The van der Waals surface area contributed by atoms with E-state index in [4.69, 9.17) is 4.74 Å². The molecule has 0 saturated carbocycles. The van der Waals surface area contributed by atoms with Crippen molar-refractivity contribution in [2.45, 2.75) is 13.8 Å². The molecule has 0 atom stereocenters. The lowest BCUT2D eigenvalue weighted by Gasteiger charge is -2.08. The first-order chi connectivity index (χ1) is 10.5. The molecule has 2 rings (SSSR count). The maximum atomic E-state index is 11.9. The Hall–Kier alpha value is -2.14. The van der Waals surface area contributed by atoms with Gasteiger partial charge in [-0.05, 0) is 61.4 Å². The molecule has 114 valence electrons. The number of amides is 1. The van der Waals surface area contributed by atoms with Gasteiger partial charge in [-0.3, -0.25) is 4.79 Å². The summed E-state index contributed by atoms with van der Waals surface area (Å²) in [7, 11) is 0. The molecular weight excluding hydrogens is 346 g/mol. The number of halogens is 1. The normalized spacial score (nSPS) is 10.1. The number of rotatable bonds is 4. The van der Waals surface area contributed by atoms with Gasteiger partial charge in [-0.2, -0.15) is 0 Å². The predicted octanol–water partition coefficient (Wildman–Crippen LogP) is 3.86. The number of esters is 1. The lowest BCUT2D eigenvalue weighted by Crippen LogP contribution is -2.20. The second kappa shape index (κ2) is 7.22. The van der Waals surface area contributed by atoms with Crippen LogP contribution in [-0.2, 0) is 9.53 Å². The molecule has 0 spiro atoms. The summed E-state index contributed by atoms with van der Waals surface area (Å²) >= 11 is 3.32. The number of hydrogen-bond acceptors (Lipinski definition) is 3.